The third-order valence-electron chi connectivity index (χ3n) is 4.19. The first-order valence-corrected chi connectivity index (χ1v) is 7.02. The topological polar surface area (TPSA) is 32.3 Å². The molecule has 17 heavy (non-hydrogen) atoms. The van der Waals surface area contributed by atoms with E-state index in [-0.39, 0.29) is 12.2 Å². The Hall–Kier alpha value is -0.570. The van der Waals surface area contributed by atoms with Gasteiger partial charge >= 0.3 is 0 Å². The summed E-state index contributed by atoms with van der Waals surface area (Å²) in [5, 5.41) is 3.48. The monoisotopic (exact) mass is 240 g/mol. The zero-order chi connectivity index (χ0) is 13.2. The number of hydrogen-bond donors (Lipinski definition) is 1. The van der Waals surface area contributed by atoms with Crippen LogP contribution in [0, 0.1) is 11.8 Å². The minimum absolute atomic E-state index is 0.00598. The van der Waals surface area contributed by atoms with E-state index in [1.807, 2.05) is 0 Å². The molecule has 1 heterocycles. The van der Waals surface area contributed by atoms with E-state index < -0.39 is 0 Å². The maximum atomic E-state index is 12.4. The fourth-order valence-corrected chi connectivity index (χ4v) is 2.57. The van der Waals surface area contributed by atoms with Gasteiger partial charge in [-0.05, 0) is 25.2 Å². The molecule has 100 valence electrons. The Bertz CT molecular complexity index is 265. The van der Waals surface area contributed by atoms with E-state index in [0.29, 0.717) is 23.8 Å². The fraction of sp³-hybridized carbons (Fsp3) is 0.929. The minimum atomic E-state index is 0.00598. The van der Waals surface area contributed by atoms with E-state index in [1.165, 1.54) is 0 Å². The van der Waals surface area contributed by atoms with Crippen LogP contribution in [0.5, 0.6) is 0 Å². The summed E-state index contributed by atoms with van der Waals surface area (Å²) in [7, 11) is 0. The number of nitrogens with zero attached hydrogens (tertiary/aromatic N) is 1. The molecule has 1 aliphatic rings. The summed E-state index contributed by atoms with van der Waals surface area (Å²) in [6, 6.07) is 0.333. The Balaban J connectivity index is 2.85. The molecule has 0 bridgehead atoms. The van der Waals surface area contributed by atoms with Crippen molar-refractivity contribution in [2.75, 3.05) is 0 Å². The van der Waals surface area contributed by atoms with Gasteiger partial charge in [0.1, 0.15) is 0 Å². The molecule has 3 nitrogen and oxygen atoms in total. The summed E-state index contributed by atoms with van der Waals surface area (Å²) >= 11 is 0. The van der Waals surface area contributed by atoms with Gasteiger partial charge in [-0.3, -0.25) is 10.1 Å². The smallest absolute Gasteiger partial charge is 0.241 e. The van der Waals surface area contributed by atoms with Gasteiger partial charge in [0.05, 0.1) is 12.2 Å². The van der Waals surface area contributed by atoms with Gasteiger partial charge in [-0.2, -0.15) is 0 Å². The van der Waals surface area contributed by atoms with Crippen LogP contribution >= 0.6 is 0 Å². The van der Waals surface area contributed by atoms with E-state index in [0.717, 1.165) is 12.8 Å². The summed E-state index contributed by atoms with van der Waals surface area (Å²) in [6.07, 6.45) is 2.32. The largest absolute Gasteiger partial charge is 0.323 e. The lowest BCUT2D eigenvalue weighted by molar-refractivity contribution is -0.133. The van der Waals surface area contributed by atoms with Crippen molar-refractivity contribution in [1.29, 1.82) is 0 Å². The highest BCUT2D eigenvalue weighted by Crippen LogP contribution is 2.25. The minimum Gasteiger partial charge on any atom is -0.323 e. The Morgan fingerprint density at radius 1 is 1.24 bits per heavy atom. The highest BCUT2D eigenvalue weighted by atomic mass is 16.2. The van der Waals surface area contributed by atoms with Crippen LogP contribution in [0.3, 0.4) is 0 Å². The van der Waals surface area contributed by atoms with Crippen molar-refractivity contribution in [2.24, 2.45) is 11.8 Å². The predicted molar refractivity (Wildman–Crippen MR) is 71.6 cm³/mol. The standard InChI is InChI=1S/C14H28N2O/c1-7-10(5)11(6)16-12(8-2)15-13(9(3)4)14(16)17/h9-13,15H,7-8H2,1-6H3. The van der Waals surface area contributed by atoms with Gasteiger partial charge in [-0.25, -0.2) is 0 Å². The van der Waals surface area contributed by atoms with E-state index in [1.54, 1.807) is 0 Å². The molecular formula is C14H28N2O. The molecule has 1 fully saturated rings. The number of carbonyl (C=O) groups is 1. The molecule has 0 aromatic heterocycles. The van der Waals surface area contributed by atoms with E-state index >= 15 is 0 Å². The average molecular weight is 240 g/mol. The molecule has 4 atom stereocenters. The van der Waals surface area contributed by atoms with Crippen LogP contribution in [0.4, 0.5) is 0 Å². The van der Waals surface area contributed by atoms with Gasteiger partial charge in [-0.1, -0.05) is 41.0 Å². The average Bonchev–Trinajstić information content (AvgIpc) is 2.64. The molecule has 1 rings (SSSR count). The molecule has 1 amide bonds. The Kier molecular flexibility index (Phi) is 4.99. The predicted octanol–water partition coefficient (Wildman–Crippen LogP) is 2.61. The van der Waals surface area contributed by atoms with Crippen molar-refractivity contribution in [3.8, 4) is 0 Å². The Labute approximate surface area is 106 Å². The van der Waals surface area contributed by atoms with Crippen LogP contribution in [0.15, 0.2) is 0 Å². The number of carbonyl (C=O) groups excluding carboxylic acids is 1. The molecule has 0 aromatic rings. The van der Waals surface area contributed by atoms with Crippen molar-refractivity contribution >= 4 is 5.91 Å². The lowest BCUT2D eigenvalue weighted by Gasteiger charge is -2.33. The molecule has 0 aromatic carbocycles. The van der Waals surface area contributed by atoms with E-state index in [9.17, 15) is 4.79 Å². The van der Waals surface area contributed by atoms with Crippen LogP contribution in [0.2, 0.25) is 0 Å². The zero-order valence-corrected chi connectivity index (χ0v) is 12.2. The van der Waals surface area contributed by atoms with Gasteiger partial charge in [0.15, 0.2) is 0 Å². The molecular weight excluding hydrogens is 212 g/mol. The normalized spacial score (nSPS) is 28.9. The highest BCUT2D eigenvalue weighted by Gasteiger charge is 2.42. The molecule has 1 saturated heterocycles. The molecule has 0 spiro atoms. The van der Waals surface area contributed by atoms with Crippen LogP contribution < -0.4 is 5.32 Å². The molecule has 0 aliphatic carbocycles. The maximum Gasteiger partial charge on any atom is 0.241 e. The third kappa shape index (κ3) is 2.82. The summed E-state index contributed by atoms with van der Waals surface area (Å²) in [4.78, 5) is 14.5. The fourth-order valence-electron chi connectivity index (χ4n) is 2.57. The zero-order valence-electron chi connectivity index (χ0n) is 12.2. The van der Waals surface area contributed by atoms with E-state index in [4.69, 9.17) is 0 Å². The number of hydrogen-bond acceptors (Lipinski definition) is 2. The first-order chi connectivity index (χ1) is 7.93. The molecule has 0 radical (unpaired) electrons. The molecule has 3 heteroatoms. The first-order valence-electron chi connectivity index (χ1n) is 7.02. The van der Waals surface area contributed by atoms with Crippen molar-refractivity contribution in [3.63, 3.8) is 0 Å². The molecule has 0 saturated carbocycles. The van der Waals surface area contributed by atoms with Gasteiger partial charge in [0, 0.05) is 6.04 Å². The molecule has 1 N–H and O–H groups in total. The van der Waals surface area contributed by atoms with Gasteiger partial charge in [0.2, 0.25) is 5.91 Å². The van der Waals surface area contributed by atoms with Gasteiger partial charge in [0.25, 0.3) is 0 Å². The van der Waals surface area contributed by atoms with Gasteiger partial charge < -0.3 is 4.90 Å². The van der Waals surface area contributed by atoms with Crippen LogP contribution in [-0.4, -0.2) is 29.1 Å². The van der Waals surface area contributed by atoms with Crippen LogP contribution in [-0.2, 0) is 4.79 Å². The summed E-state index contributed by atoms with van der Waals surface area (Å²) in [5.74, 6) is 1.21. The van der Waals surface area contributed by atoms with Gasteiger partial charge in [-0.15, -0.1) is 0 Å². The number of rotatable bonds is 5. The molecule has 1 aliphatic heterocycles. The SMILES string of the molecule is CCC(C)C(C)N1C(=O)C(C(C)C)NC1CC. The Morgan fingerprint density at radius 2 is 1.82 bits per heavy atom. The van der Waals surface area contributed by atoms with Crippen molar-refractivity contribution < 1.29 is 4.79 Å². The summed E-state index contributed by atoms with van der Waals surface area (Å²) in [5.41, 5.74) is 0. The number of amides is 1. The maximum absolute atomic E-state index is 12.4. The third-order valence-corrected chi connectivity index (χ3v) is 4.19. The molecule has 4 unspecified atom stereocenters. The second kappa shape index (κ2) is 5.85. The van der Waals surface area contributed by atoms with Crippen LogP contribution in [0.1, 0.15) is 54.4 Å². The Morgan fingerprint density at radius 3 is 2.24 bits per heavy atom. The second-order valence-corrected chi connectivity index (χ2v) is 5.68. The lowest BCUT2D eigenvalue weighted by Crippen LogP contribution is -2.45. The highest BCUT2D eigenvalue weighted by molar-refractivity contribution is 5.84. The quantitative estimate of drug-likeness (QED) is 0.801. The lowest BCUT2D eigenvalue weighted by atomic mass is 9.98. The first kappa shape index (κ1) is 14.5. The second-order valence-electron chi connectivity index (χ2n) is 5.68. The summed E-state index contributed by atoms with van der Waals surface area (Å²) in [6.45, 7) is 13.0. The van der Waals surface area contributed by atoms with Crippen molar-refractivity contribution in [3.05, 3.63) is 0 Å². The van der Waals surface area contributed by atoms with Crippen molar-refractivity contribution in [1.82, 2.24) is 10.2 Å². The number of nitrogens with one attached hydrogen (secondary N) is 1. The van der Waals surface area contributed by atoms with Crippen LogP contribution in [0.25, 0.3) is 0 Å². The van der Waals surface area contributed by atoms with E-state index in [2.05, 4.69) is 51.8 Å². The summed E-state index contributed by atoms with van der Waals surface area (Å²) < 4.78 is 0. The van der Waals surface area contributed by atoms with Crippen molar-refractivity contribution in [2.45, 2.75) is 72.6 Å².